The van der Waals surface area contributed by atoms with E-state index in [4.69, 9.17) is 15.5 Å². The maximum atomic E-state index is 12.2. The van der Waals surface area contributed by atoms with Crippen molar-refractivity contribution in [2.75, 3.05) is 0 Å². The van der Waals surface area contributed by atoms with Gasteiger partial charge in [0.2, 0.25) is 5.91 Å². The lowest BCUT2D eigenvalue weighted by atomic mass is 10.0. The summed E-state index contributed by atoms with van der Waals surface area (Å²) >= 11 is 0. The van der Waals surface area contributed by atoms with E-state index in [9.17, 15) is 4.79 Å². The van der Waals surface area contributed by atoms with E-state index in [0.29, 0.717) is 18.6 Å². The van der Waals surface area contributed by atoms with Crippen LogP contribution in [0.3, 0.4) is 0 Å². The molecule has 0 aliphatic heterocycles. The van der Waals surface area contributed by atoms with Crippen molar-refractivity contribution >= 4 is 11.7 Å². The zero-order valence-electron chi connectivity index (χ0n) is 11.2. The molecule has 1 aromatic heterocycles. The molecule has 1 atom stereocenters. The molecule has 1 aromatic rings. The number of hydrogen-bond acceptors (Lipinski definition) is 5. The Labute approximate surface area is 110 Å². The summed E-state index contributed by atoms with van der Waals surface area (Å²) < 4.78 is 5.08. The van der Waals surface area contributed by atoms with Crippen LogP contribution >= 0.6 is 0 Å². The van der Waals surface area contributed by atoms with Crippen molar-refractivity contribution in [3.05, 3.63) is 17.0 Å². The molecular formula is C12H18N4O3. The minimum atomic E-state index is -0.845. The van der Waals surface area contributed by atoms with Crippen LogP contribution in [0.25, 0.3) is 0 Å². The third-order valence-corrected chi connectivity index (χ3v) is 3.65. The summed E-state index contributed by atoms with van der Waals surface area (Å²) in [5, 5.41) is 18.4. The number of nitrogens with two attached hydrogens (primary N) is 1. The molecule has 7 nitrogen and oxygen atoms in total. The Morgan fingerprint density at radius 3 is 2.63 bits per heavy atom. The molecule has 1 fully saturated rings. The highest BCUT2D eigenvalue weighted by molar-refractivity contribution is 6.09. The molecule has 0 spiro atoms. The van der Waals surface area contributed by atoms with Gasteiger partial charge in [-0.2, -0.15) is 0 Å². The highest BCUT2D eigenvalue weighted by Crippen LogP contribution is 2.46. The standard InChI is InChI=1S/C12H18N4O3/c1-6(9-7(2)16-19-8(9)3)14-11(17)12(4-5-12)10(13)15-18/h6,18H,4-5H2,1-3H3,(H2,13,15)(H,14,17). The monoisotopic (exact) mass is 266 g/mol. The van der Waals surface area contributed by atoms with Crippen LogP contribution in [-0.4, -0.2) is 22.1 Å². The number of nitrogens with one attached hydrogen (secondary N) is 1. The summed E-state index contributed by atoms with van der Waals surface area (Å²) in [5.74, 6) is 0.421. The lowest BCUT2D eigenvalue weighted by Gasteiger charge is -2.18. The fourth-order valence-corrected chi connectivity index (χ4v) is 2.34. The van der Waals surface area contributed by atoms with Gasteiger partial charge in [-0.15, -0.1) is 0 Å². The summed E-state index contributed by atoms with van der Waals surface area (Å²) in [6.45, 7) is 5.48. The predicted molar refractivity (Wildman–Crippen MR) is 67.6 cm³/mol. The summed E-state index contributed by atoms with van der Waals surface area (Å²) in [5.41, 5.74) is 6.34. The molecule has 0 aromatic carbocycles. The zero-order valence-corrected chi connectivity index (χ0v) is 11.2. The van der Waals surface area contributed by atoms with Gasteiger partial charge in [-0.05, 0) is 33.6 Å². The van der Waals surface area contributed by atoms with Crippen molar-refractivity contribution in [2.45, 2.75) is 39.7 Å². The third kappa shape index (κ3) is 2.16. The van der Waals surface area contributed by atoms with Gasteiger partial charge in [-0.1, -0.05) is 10.3 Å². The molecule has 1 aliphatic rings. The molecule has 7 heteroatoms. The number of rotatable bonds is 4. The molecule has 4 N–H and O–H groups in total. The van der Waals surface area contributed by atoms with Crippen LogP contribution in [0, 0.1) is 19.3 Å². The van der Waals surface area contributed by atoms with Gasteiger partial charge in [0.25, 0.3) is 0 Å². The summed E-state index contributed by atoms with van der Waals surface area (Å²) in [6, 6.07) is -0.234. The van der Waals surface area contributed by atoms with E-state index in [1.54, 1.807) is 6.92 Å². The van der Waals surface area contributed by atoms with Crippen LogP contribution < -0.4 is 11.1 Å². The molecule has 1 aliphatic carbocycles. The molecule has 1 amide bonds. The molecule has 0 radical (unpaired) electrons. The maximum Gasteiger partial charge on any atom is 0.234 e. The van der Waals surface area contributed by atoms with Crippen molar-refractivity contribution in [3.63, 3.8) is 0 Å². The molecule has 1 heterocycles. The van der Waals surface area contributed by atoms with Gasteiger partial charge in [-0.3, -0.25) is 4.79 Å². The van der Waals surface area contributed by atoms with E-state index >= 15 is 0 Å². The zero-order chi connectivity index (χ0) is 14.2. The number of amides is 1. The number of carbonyl (C=O) groups is 1. The second-order valence-electron chi connectivity index (χ2n) is 5.00. The smallest absolute Gasteiger partial charge is 0.234 e. The minimum absolute atomic E-state index is 0.0315. The Morgan fingerprint density at radius 1 is 1.58 bits per heavy atom. The van der Waals surface area contributed by atoms with Crippen molar-refractivity contribution in [2.24, 2.45) is 16.3 Å². The summed E-state index contributed by atoms with van der Waals surface area (Å²) in [7, 11) is 0. The first-order chi connectivity index (χ1) is 8.92. The number of nitrogens with zero attached hydrogens (tertiary/aromatic N) is 2. The van der Waals surface area contributed by atoms with Crippen molar-refractivity contribution in [1.29, 1.82) is 0 Å². The van der Waals surface area contributed by atoms with Crippen molar-refractivity contribution in [3.8, 4) is 0 Å². The van der Waals surface area contributed by atoms with Gasteiger partial charge in [-0.25, -0.2) is 0 Å². The van der Waals surface area contributed by atoms with Crippen LogP contribution in [0.1, 0.15) is 42.8 Å². The lowest BCUT2D eigenvalue weighted by molar-refractivity contribution is -0.124. The molecule has 1 unspecified atom stereocenters. The number of amidine groups is 1. The minimum Gasteiger partial charge on any atom is -0.409 e. The quantitative estimate of drug-likeness (QED) is 0.325. The van der Waals surface area contributed by atoms with E-state index in [1.807, 2.05) is 13.8 Å². The van der Waals surface area contributed by atoms with Crippen LogP contribution in [0.4, 0.5) is 0 Å². The lowest BCUT2D eigenvalue weighted by Crippen LogP contribution is -2.41. The number of aromatic nitrogens is 1. The van der Waals surface area contributed by atoms with Gasteiger partial charge in [0.15, 0.2) is 5.84 Å². The van der Waals surface area contributed by atoms with Crippen molar-refractivity contribution < 1.29 is 14.5 Å². The van der Waals surface area contributed by atoms with Crippen LogP contribution in [0.2, 0.25) is 0 Å². The molecular weight excluding hydrogens is 248 g/mol. The Balaban J connectivity index is 2.12. The molecule has 0 saturated heterocycles. The Bertz CT molecular complexity index is 512. The fourth-order valence-electron chi connectivity index (χ4n) is 2.34. The third-order valence-electron chi connectivity index (χ3n) is 3.65. The Hall–Kier alpha value is -2.05. The van der Waals surface area contributed by atoms with Gasteiger partial charge < -0.3 is 20.8 Å². The first-order valence-corrected chi connectivity index (χ1v) is 6.14. The molecule has 104 valence electrons. The van der Waals surface area contributed by atoms with Gasteiger partial charge >= 0.3 is 0 Å². The average molecular weight is 266 g/mol. The van der Waals surface area contributed by atoms with E-state index in [1.165, 1.54) is 0 Å². The van der Waals surface area contributed by atoms with Gasteiger partial charge in [0.1, 0.15) is 11.2 Å². The van der Waals surface area contributed by atoms with E-state index < -0.39 is 5.41 Å². The highest BCUT2D eigenvalue weighted by atomic mass is 16.5. The first kappa shape index (κ1) is 13.4. The first-order valence-electron chi connectivity index (χ1n) is 6.14. The van der Waals surface area contributed by atoms with Crippen LogP contribution in [0.15, 0.2) is 9.68 Å². The largest absolute Gasteiger partial charge is 0.409 e. The second-order valence-corrected chi connectivity index (χ2v) is 5.00. The highest BCUT2D eigenvalue weighted by Gasteiger charge is 2.54. The van der Waals surface area contributed by atoms with Crippen LogP contribution in [0.5, 0.6) is 0 Å². The number of hydrogen-bond donors (Lipinski definition) is 3. The summed E-state index contributed by atoms with van der Waals surface area (Å²) in [4.78, 5) is 12.2. The predicted octanol–water partition coefficient (Wildman–Crippen LogP) is 0.995. The molecule has 2 rings (SSSR count). The SMILES string of the molecule is Cc1noc(C)c1C(C)NC(=O)C1(C(N)=NO)CC1. The molecule has 0 bridgehead atoms. The maximum absolute atomic E-state index is 12.2. The number of aryl methyl sites for hydroxylation is 2. The normalized spacial score (nSPS) is 19.0. The topological polar surface area (TPSA) is 114 Å². The number of carbonyl (C=O) groups excluding carboxylic acids is 1. The van der Waals surface area contributed by atoms with Gasteiger partial charge in [0, 0.05) is 5.56 Å². The molecule has 19 heavy (non-hydrogen) atoms. The summed E-state index contributed by atoms with van der Waals surface area (Å²) in [6.07, 6.45) is 1.20. The Kier molecular flexibility index (Phi) is 3.21. The Morgan fingerprint density at radius 2 is 2.21 bits per heavy atom. The van der Waals surface area contributed by atoms with Crippen LogP contribution in [-0.2, 0) is 4.79 Å². The van der Waals surface area contributed by atoms with E-state index in [0.717, 1.165) is 11.3 Å². The average Bonchev–Trinajstić information content (AvgIpc) is 3.11. The van der Waals surface area contributed by atoms with Gasteiger partial charge in [0.05, 0.1) is 11.7 Å². The van der Waals surface area contributed by atoms with E-state index in [-0.39, 0.29) is 17.8 Å². The number of oxime groups is 1. The fraction of sp³-hybridized carbons (Fsp3) is 0.583. The van der Waals surface area contributed by atoms with Crippen molar-refractivity contribution in [1.82, 2.24) is 10.5 Å². The second kappa shape index (κ2) is 4.56. The molecule has 1 saturated carbocycles. The van der Waals surface area contributed by atoms with E-state index in [2.05, 4.69) is 15.6 Å².